The van der Waals surface area contributed by atoms with Crippen LogP contribution >= 0.6 is 0 Å². The molecular weight excluding hydrogens is 337 g/mol. The van der Waals surface area contributed by atoms with Crippen LogP contribution in [0.15, 0.2) is 48.5 Å². The van der Waals surface area contributed by atoms with Crippen LogP contribution in [0.1, 0.15) is 5.56 Å². The lowest BCUT2D eigenvalue weighted by Gasteiger charge is -2.14. The molecule has 0 saturated carbocycles. The van der Waals surface area contributed by atoms with Crippen LogP contribution in [0.25, 0.3) is 0 Å². The Morgan fingerprint density at radius 1 is 1.12 bits per heavy atom. The van der Waals surface area contributed by atoms with Crippen molar-refractivity contribution in [3.8, 4) is 11.5 Å². The van der Waals surface area contributed by atoms with Crippen LogP contribution in [0.3, 0.4) is 0 Å². The highest BCUT2D eigenvalue weighted by Crippen LogP contribution is 2.29. The first-order valence-electron chi connectivity index (χ1n) is 7.35. The summed E-state index contributed by atoms with van der Waals surface area (Å²) in [6.45, 7) is 0.0839. The van der Waals surface area contributed by atoms with Gasteiger partial charge >= 0.3 is 6.36 Å². The number of rotatable bonds is 7. The van der Waals surface area contributed by atoms with E-state index in [1.807, 2.05) is 6.07 Å². The van der Waals surface area contributed by atoms with E-state index in [-0.39, 0.29) is 24.7 Å². The monoisotopic (exact) mass is 354 g/mol. The van der Waals surface area contributed by atoms with Crippen LogP contribution in [0, 0.1) is 0 Å². The van der Waals surface area contributed by atoms with E-state index >= 15 is 0 Å². The third kappa shape index (κ3) is 6.25. The topological polar surface area (TPSA) is 59.6 Å². The molecular formula is C17H17F3N2O3. The van der Waals surface area contributed by atoms with Crippen molar-refractivity contribution in [2.75, 3.05) is 19.0 Å². The molecule has 0 atom stereocenters. The van der Waals surface area contributed by atoms with Crippen molar-refractivity contribution in [1.82, 2.24) is 5.32 Å². The summed E-state index contributed by atoms with van der Waals surface area (Å²) in [5.74, 6) is -0.0941. The second-order valence-electron chi connectivity index (χ2n) is 5.03. The van der Waals surface area contributed by atoms with Gasteiger partial charge in [-0.2, -0.15) is 0 Å². The standard InChI is InChI=1S/C17H17F3N2O3/c1-24-13-6-4-5-12(9-13)10-22-16(23)11-21-14-7-2-3-8-15(14)25-17(18,19)20/h2-9,21H,10-11H2,1H3,(H,22,23). The van der Waals surface area contributed by atoms with Crippen LogP contribution in [0.4, 0.5) is 18.9 Å². The summed E-state index contributed by atoms with van der Waals surface area (Å²) in [7, 11) is 1.54. The number of anilines is 1. The van der Waals surface area contributed by atoms with Crippen LogP contribution in [-0.4, -0.2) is 25.9 Å². The maximum absolute atomic E-state index is 12.4. The molecule has 0 saturated heterocycles. The summed E-state index contributed by atoms with van der Waals surface area (Å²) in [5.41, 5.74) is 0.921. The summed E-state index contributed by atoms with van der Waals surface area (Å²) in [6.07, 6.45) is -4.80. The number of hydrogen-bond donors (Lipinski definition) is 2. The predicted molar refractivity (Wildman–Crippen MR) is 86.5 cm³/mol. The number of benzene rings is 2. The highest BCUT2D eigenvalue weighted by molar-refractivity contribution is 5.81. The molecule has 8 heteroatoms. The molecule has 0 aromatic heterocycles. The molecule has 0 radical (unpaired) electrons. The van der Waals surface area contributed by atoms with Crippen molar-refractivity contribution < 1.29 is 27.4 Å². The first-order valence-corrected chi connectivity index (χ1v) is 7.35. The van der Waals surface area contributed by atoms with E-state index in [4.69, 9.17) is 4.74 Å². The van der Waals surface area contributed by atoms with Gasteiger partial charge in [-0.3, -0.25) is 4.79 Å². The van der Waals surface area contributed by atoms with Crippen LogP contribution in [0.5, 0.6) is 11.5 Å². The lowest BCUT2D eigenvalue weighted by molar-refractivity contribution is -0.274. The Morgan fingerprint density at radius 3 is 2.60 bits per heavy atom. The number of carbonyl (C=O) groups excluding carboxylic acids is 1. The smallest absolute Gasteiger partial charge is 0.497 e. The van der Waals surface area contributed by atoms with Gasteiger partial charge in [-0.15, -0.1) is 13.2 Å². The molecule has 5 nitrogen and oxygen atoms in total. The molecule has 0 fully saturated rings. The van der Waals surface area contributed by atoms with E-state index in [0.29, 0.717) is 5.75 Å². The lowest BCUT2D eigenvalue weighted by Crippen LogP contribution is -2.29. The Bertz CT molecular complexity index is 720. The minimum atomic E-state index is -4.80. The number of halogens is 3. The number of amides is 1. The van der Waals surface area contributed by atoms with E-state index in [9.17, 15) is 18.0 Å². The maximum atomic E-state index is 12.4. The first kappa shape index (κ1) is 18.4. The van der Waals surface area contributed by atoms with Crippen molar-refractivity contribution in [3.05, 3.63) is 54.1 Å². The summed E-state index contributed by atoms with van der Waals surface area (Å²) in [5, 5.41) is 5.30. The summed E-state index contributed by atoms with van der Waals surface area (Å²) in [6, 6.07) is 12.7. The quantitative estimate of drug-likeness (QED) is 0.801. The number of ether oxygens (including phenoxy) is 2. The second-order valence-corrected chi connectivity index (χ2v) is 5.03. The van der Waals surface area contributed by atoms with Crippen molar-refractivity contribution in [1.29, 1.82) is 0 Å². The molecule has 2 aromatic rings. The number of para-hydroxylation sites is 2. The van der Waals surface area contributed by atoms with Gasteiger partial charge in [-0.25, -0.2) is 0 Å². The van der Waals surface area contributed by atoms with E-state index in [1.165, 1.54) is 18.2 Å². The molecule has 0 heterocycles. The van der Waals surface area contributed by atoms with Gasteiger partial charge in [0.25, 0.3) is 0 Å². The van der Waals surface area contributed by atoms with Crippen molar-refractivity contribution in [2.24, 2.45) is 0 Å². The maximum Gasteiger partial charge on any atom is 0.573 e. The number of nitrogens with one attached hydrogen (secondary N) is 2. The van der Waals surface area contributed by atoms with Gasteiger partial charge in [0.2, 0.25) is 5.91 Å². The molecule has 1 amide bonds. The molecule has 25 heavy (non-hydrogen) atoms. The van der Waals surface area contributed by atoms with Gasteiger partial charge < -0.3 is 20.1 Å². The van der Waals surface area contributed by atoms with Crippen LogP contribution in [0.2, 0.25) is 0 Å². The number of carbonyl (C=O) groups is 1. The molecule has 0 aliphatic heterocycles. The highest BCUT2D eigenvalue weighted by atomic mass is 19.4. The summed E-state index contributed by atoms with van der Waals surface area (Å²) >= 11 is 0. The van der Waals surface area contributed by atoms with E-state index in [2.05, 4.69) is 15.4 Å². The van der Waals surface area contributed by atoms with Gasteiger partial charge in [-0.1, -0.05) is 24.3 Å². The number of methoxy groups -OCH3 is 1. The zero-order valence-electron chi connectivity index (χ0n) is 13.4. The van der Waals surface area contributed by atoms with Gasteiger partial charge in [0.05, 0.1) is 19.3 Å². The predicted octanol–water partition coefficient (Wildman–Crippen LogP) is 3.32. The highest BCUT2D eigenvalue weighted by Gasteiger charge is 2.32. The molecule has 0 spiro atoms. The van der Waals surface area contributed by atoms with Gasteiger partial charge in [-0.05, 0) is 29.8 Å². The normalized spacial score (nSPS) is 10.9. The molecule has 0 aliphatic carbocycles. The Hall–Kier alpha value is -2.90. The molecule has 2 rings (SSSR count). The SMILES string of the molecule is COc1cccc(CNC(=O)CNc2ccccc2OC(F)(F)F)c1. The Morgan fingerprint density at radius 2 is 1.88 bits per heavy atom. The minimum absolute atomic E-state index is 0.0800. The fraction of sp³-hybridized carbons (Fsp3) is 0.235. The van der Waals surface area contributed by atoms with E-state index < -0.39 is 12.1 Å². The van der Waals surface area contributed by atoms with Crippen LogP contribution < -0.4 is 20.1 Å². The van der Waals surface area contributed by atoms with Crippen molar-refractivity contribution in [2.45, 2.75) is 12.9 Å². The number of alkyl halides is 3. The molecule has 2 N–H and O–H groups in total. The van der Waals surface area contributed by atoms with Crippen LogP contribution in [-0.2, 0) is 11.3 Å². The fourth-order valence-electron chi connectivity index (χ4n) is 2.05. The summed E-state index contributed by atoms with van der Waals surface area (Å²) < 4.78 is 46.1. The van der Waals surface area contributed by atoms with Gasteiger partial charge in [0, 0.05) is 6.54 Å². The zero-order chi connectivity index (χ0) is 18.3. The Labute approximate surface area is 142 Å². The molecule has 0 aliphatic rings. The largest absolute Gasteiger partial charge is 0.573 e. The van der Waals surface area contributed by atoms with Gasteiger partial charge in [0.1, 0.15) is 5.75 Å². The lowest BCUT2D eigenvalue weighted by atomic mass is 10.2. The average molecular weight is 354 g/mol. The Kier molecular flexibility index (Phi) is 6.10. The van der Waals surface area contributed by atoms with Crippen molar-refractivity contribution in [3.63, 3.8) is 0 Å². The second kappa shape index (κ2) is 8.27. The molecule has 2 aromatic carbocycles. The molecule has 134 valence electrons. The van der Waals surface area contributed by atoms with E-state index in [0.717, 1.165) is 5.56 Å². The first-order chi connectivity index (χ1) is 11.9. The van der Waals surface area contributed by atoms with Gasteiger partial charge in [0.15, 0.2) is 5.75 Å². The zero-order valence-corrected chi connectivity index (χ0v) is 13.4. The Balaban J connectivity index is 1.88. The summed E-state index contributed by atoms with van der Waals surface area (Å²) in [4.78, 5) is 11.9. The van der Waals surface area contributed by atoms with Crippen molar-refractivity contribution >= 4 is 11.6 Å². The third-order valence-electron chi connectivity index (χ3n) is 3.18. The molecule has 0 bridgehead atoms. The average Bonchev–Trinajstić information content (AvgIpc) is 2.58. The molecule has 0 unspecified atom stereocenters. The van der Waals surface area contributed by atoms with E-state index in [1.54, 1.807) is 31.4 Å². The third-order valence-corrected chi connectivity index (χ3v) is 3.18. The fourth-order valence-corrected chi connectivity index (χ4v) is 2.05. The minimum Gasteiger partial charge on any atom is -0.497 e. The number of hydrogen-bond acceptors (Lipinski definition) is 4.